The molecule has 0 aliphatic rings. The van der Waals surface area contributed by atoms with Gasteiger partial charge in [0.15, 0.2) is 6.10 Å². The molecule has 0 heterocycles. The molecule has 2 nitrogen and oxygen atoms in total. The van der Waals surface area contributed by atoms with Crippen LogP contribution in [-0.2, 0) is 4.74 Å². The van der Waals surface area contributed by atoms with E-state index in [0.717, 1.165) is 18.2 Å². The Morgan fingerprint density at radius 1 is 1.46 bits per heavy atom. The van der Waals surface area contributed by atoms with Crippen molar-refractivity contribution < 1.29 is 13.5 Å². The summed E-state index contributed by atoms with van der Waals surface area (Å²) in [6.45, 7) is 0. The van der Waals surface area contributed by atoms with Gasteiger partial charge in [-0.1, -0.05) is 0 Å². The standard InChI is InChI=1S/C9H7F2NO/c1-13-9(5-12)7-4-6(10)2-3-8(7)11/h2-4,9H,1H3. The second kappa shape index (κ2) is 3.97. The molecule has 1 rings (SSSR count). The van der Waals surface area contributed by atoms with E-state index in [1.165, 1.54) is 7.11 Å². The summed E-state index contributed by atoms with van der Waals surface area (Å²) in [6, 6.07) is 4.61. The zero-order valence-corrected chi connectivity index (χ0v) is 6.92. The predicted octanol–water partition coefficient (Wildman–Crippen LogP) is 2.18. The van der Waals surface area contributed by atoms with Gasteiger partial charge in [0.25, 0.3) is 0 Å². The highest BCUT2D eigenvalue weighted by atomic mass is 19.1. The zero-order chi connectivity index (χ0) is 9.84. The lowest BCUT2D eigenvalue weighted by Gasteiger charge is -2.07. The number of rotatable bonds is 2. The van der Waals surface area contributed by atoms with Crippen molar-refractivity contribution in [2.75, 3.05) is 7.11 Å². The molecule has 1 unspecified atom stereocenters. The summed E-state index contributed by atoms with van der Waals surface area (Å²) >= 11 is 0. The number of halogens is 2. The summed E-state index contributed by atoms with van der Waals surface area (Å²) < 4.78 is 30.3. The quantitative estimate of drug-likeness (QED) is 0.703. The normalized spacial score (nSPS) is 12.2. The molecule has 0 aliphatic heterocycles. The molecule has 0 bridgehead atoms. The molecule has 1 aromatic rings. The highest BCUT2D eigenvalue weighted by molar-refractivity contribution is 5.24. The van der Waals surface area contributed by atoms with E-state index >= 15 is 0 Å². The van der Waals surface area contributed by atoms with Crippen LogP contribution in [0.2, 0.25) is 0 Å². The van der Waals surface area contributed by atoms with Crippen molar-refractivity contribution in [3.8, 4) is 6.07 Å². The van der Waals surface area contributed by atoms with Crippen LogP contribution in [0.4, 0.5) is 8.78 Å². The molecule has 1 atom stereocenters. The molecular weight excluding hydrogens is 176 g/mol. The van der Waals surface area contributed by atoms with Gasteiger partial charge < -0.3 is 4.74 Å². The molecule has 13 heavy (non-hydrogen) atoms. The van der Waals surface area contributed by atoms with Crippen LogP contribution in [0.3, 0.4) is 0 Å². The minimum atomic E-state index is -1.06. The monoisotopic (exact) mass is 183 g/mol. The van der Waals surface area contributed by atoms with Crippen molar-refractivity contribution >= 4 is 0 Å². The molecular formula is C9H7F2NO. The van der Waals surface area contributed by atoms with Gasteiger partial charge in [0.2, 0.25) is 0 Å². The van der Waals surface area contributed by atoms with E-state index in [9.17, 15) is 8.78 Å². The number of hydrogen-bond donors (Lipinski definition) is 0. The molecule has 0 radical (unpaired) electrons. The van der Waals surface area contributed by atoms with Crippen LogP contribution in [0.5, 0.6) is 0 Å². The molecule has 1 aromatic carbocycles. The lowest BCUT2D eigenvalue weighted by Crippen LogP contribution is -2.01. The first-order valence-electron chi connectivity index (χ1n) is 3.56. The average molecular weight is 183 g/mol. The molecule has 0 spiro atoms. The molecule has 68 valence electrons. The van der Waals surface area contributed by atoms with Gasteiger partial charge in [-0.25, -0.2) is 8.78 Å². The van der Waals surface area contributed by atoms with E-state index in [0.29, 0.717) is 0 Å². The number of methoxy groups -OCH3 is 1. The molecule has 0 saturated carbocycles. The van der Waals surface area contributed by atoms with Crippen LogP contribution in [0.1, 0.15) is 11.7 Å². The summed E-state index contributed by atoms with van der Waals surface area (Å²) in [5.41, 5.74) is -0.0787. The van der Waals surface area contributed by atoms with Gasteiger partial charge in [-0.05, 0) is 18.2 Å². The van der Waals surface area contributed by atoms with Crippen molar-refractivity contribution in [2.45, 2.75) is 6.10 Å². The summed E-state index contributed by atoms with van der Waals surface area (Å²) in [4.78, 5) is 0. The van der Waals surface area contributed by atoms with E-state index in [1.807, 2.05) is 0 Å². The highest BCUT2D eigenvalue weighted by Gasteiger charge is 2.14. The van der Waals surface area contributed by atoms with Crippen molar-refractivity contribution in [3.05, 3.63) is 35.4 Å². The molecule has 0 aliphatic carbocycles. The second-order valence-corrected chi connectivity index (χ2v) is 2.41. The largest absolute Gasteiger partial charge is 0.362 e. The third kappa shape index (κ3) is 2.01. The molecule has 0 fully saturated rings. The Morgan fingerprint density at radius 2 is 2.15 bits per heavy atom. The molecule has 4 heteroatoms. The minimum absolute atomic E-state index is 0.0787. The van der Waals surface area contributed by atoms with Gasteiger partial charge in [0, 0.05) is 12.7 Å². The Labute approximate surface area is 74.4 Å². The third-order valence-electron chi connectivity index (χ3n) is 1.59. The molecule has 0 aromatic heterocycles. The SMILES string of the molecule is COC(C#N)c1cc(F)ccc1F. The molecule has 0 amide bonds. The Kier molecular flexibility index (Phi) is 2.93. The van der Waals surface area contributed by atoms with E-state index < -0.39 is 17.7 Å². The first kappa shape index (κ1) is 9.62. The van der Waals surface area contributed by atoms with Gasteiger partial charge >= 0.3 is 0 Å². The van der Waals surface area contributed by atoms with Crippen molar-refractivity contribution in [3.63, 3.8) is 0 Å². The minimum Gasteiger partial charge on any atom is -0.362 e. The fraction of sp³-hybridized carbons (Fsp3) is 0.222. The van der Waals surface area contributed by atoms with Gasteiger partial charge in [-0.3, -0.25) is 0 Å². The smallest absolute Gasteiger partial charge is 0.171 e. The van der Waals surface area contributed by atoms with Crippen molar-refractivity contribution in [1.82, 2.24) is 0 Å². The number of nitriles is 1. The highest BCUT2D eigenvalue weighted by Crippen LogP contribution is 2.19. The van der Waals surface area contributed by atoms with Gasteiger partial charge in [-0.15, -0.1) is 0 Å². The Balaban J connectivity index is 3.13. The summed E-state index contributed by atoms with van der Waals surface area (Å²) in [6.07, 6.45) is -1.06. The van der Waals surface area contributed by atoms with Gasteiger partial charge in [0.1, 0.15) is 11.6 Å². The van der Waals surface area contributed by atoms with Crippen molar-refractivity contribution in [2.24, 2.45) is 0 Å². The summed E-state index contributed by atoms with van der Waals surface area (Å²) in [7, 11) is 1.26. The van der Waals surface area contributed by atoms with Crippen molar-refractivity contribution in [1.29, 1.82) is 5.26 Å². The number of benzene rings is 1. The van der Waals surface area contributed by atoms with Crippen LogP contribution in [0.25, 0.3) is 0 Å². The number of ether oxygens (including phenoxy) is 1. The van der Waals surface area contributed by atoms with Crippen LogP contribution >= 0.6 is 0 Å². The fourth-order valence-corrected chi connectivity index (χ4v) is 0.965. The topological polar surface area (TPSA) is 33.0 Å². The summed E-state index contributed by atoms with van der Waals surface area (Å²) in [5, 5.41) is 8.53. The average Bonchev–Trinajstić information content (AvgIpc) is 2.13. The van der Waals surface area contributed by atoms with Crippen LogP contribution in [0.15, 0.2) is 18.2 Å². The van der Waals surface area contributed by atoms with Crippen LogP contribution in [-0.4, -0.2) is 7.11 Å². The fourth-order valence-electron chi connectivity index (χ4n) is 0.965. The Bertz CT molecular complexity index is 346. The molecule has 0 N–H and O–H groups in total. The van der Waals surface area contributed by atoms with E-state index in [4.69, 9.17) is 5.26 Å². The second-order valence-electron chi connectivity index (χ2n) is 2.41. The lowest BCUT2D eigenvalue weighted by atomic mass is 10.1. The third-order valence-corrected chi connectivity index (χ3v) is 1.59. The molecule has 0 saturated heterocycles. The number of nitrogens with zero attached hydrogens (tertiary/aromatic N) is 1. The Morgan fingerprint density at radius 3 is 2.69 bits per heavy atom. The predicted molar refractivity (Wildman–Crippen MR) is 41.7 cm³/mol. The van der Waals surface area contributed by atoms with E-state index in [2.05, 4.69) is 4.74 Å². The van der Waals surface area contributed by atoms with Gasteiger partial charge in [-0.2, -0.15) is 5.26 Å². The Hall–Kier alpha value is -1.47. The van der Waals surface area contributed by atoms with E-state index in [1.54, 1.807) is 6.07 Å². The van der Waals surface area contributed by atoms with Crippen LogP contribution in [0, 0.1) is 23.0 Å². The maximum atomic E-state index is 13.0. The van der Waals surface area contributed by atoms with Crippen LogP contribution < -0.4 is 0 Å². The maximum Gasteiger partial charge on any atom is 0.171 e. The zero-order valence-electron chi connectivity index (χ0n) is 6.92. The first-order chi connectivity index (χ1) is 6.19. The van der Waals surface area contributed by atoms with Gasteiger partial charge in [0.05, 0.1) is 6.07 Å². The number of hydrogen-bond acceptors (Lipinski definition) is 2. The first-order valence-corrected chi connectivity index (χ1v) is 3.56. The van der Waals surface area contributed by atoms with E-state index in [-0.39, 0.29) is 5.56 Å². The maximum absolute atomic E-state index is 13.0. The lowest BCUT2D eigenvalue weighted by molar-refractivity contribution is 0.145. The summed E-state index contributed by atoms with van der Waals surface area (Å²) in [5.74, 6) is -1.23.